The minimum absolute atomic E-state index is 0.165. The van der Waals surface area contributed by atoms with Crippen molar-refractivity contribution < 1.29 is 14.3 Å². The SMILES string of the molecule is CCOC(=O)c1c(NC(=S)NC(=O)C=Cc2cccs2)sc2c1CCC(C)C2. The van der Waals surface area contributed by atoms with Crippen molar-refractivity contribution in [3.05, 3.63) is 44.5 Å². The van der Waals surface area contributed by atoms with Crippen molar-refractivity contribution in [1.29, 1.82) is 0 Å². The summed E-state index contributed by atoms with van der Waals surface area (Å²) in [5, 5.41) is 8.42. The molecule has 0 saturated carbocycles. The number of esters is 1. The van der Waals surface area contributed by atoms with Crippen LogP contribution in [0.2, 0.25) is 0 Å². The first-order valence-electron chi connectivity index (χ1n) is 9.13. The molecule has 0 radical (unpaired) electrons. The molecule has 1 amide bonds. The molecule has 0 spiro atoms. The zero-order valence-electron chi connectivity index (χ0n) is 15.7. The molecule has 0 bridgehead atoms. The second-order valence-corrected chi connectivity index (χ2v) is 9.06. The summed E-state index contributed by atoms with van der Waals surface area (Å²) in [5.41, 5.74) is 1.61. The largest absolute Gasteiger partial charge is 0.462 e. The molecular formula is C20H22N2O3S3. The molecule has 1 aliphatic carbocycles. The van der Waals surface area contributed by atoms with E-state index in [1.54, 1.807) is 24.3 Å². The number of hydrogen-bond acceptors (Lipinski definition) is 6. The van der Waals surface area contributed by atoms with E-state index >= 15 is 0 Å². The molecule has 28 heavy (non-hydrogen) atoms. The van der Waals surface area contributed by atoms with Crippen molar-refractivity contribution in [1.82, 2.24) is 5.32 Å². The van der Waals surface area contributed by atoms with E-state index in [9.17, 15) is 9.59 Å². The first-order chi connectivity index (χ1) is 13.5. The molecule has 1 atom stereocenters. The number of carbonyl (C=O) groups is 2. The molecule has 1 unspecified atom stereocenters. The van der Waals surface area contributed by atoms with Crippen LogP contribution < -0.4 is 10.6 Å². The van der Waals surface area contributed by atoms with Crippen LogP contribution in [0, 0.1) is 5.92 Å². The van der Waals surface area contributed by atoms with Crippen LogP contribution in [0.5, 0.6) is 0 Å². The molecule has 5 nitrogen and oxygen atoms in total. The lowest BCUT2D eigenvalue weighted by atomic mass is 9.88. The number of thiophene rings is 2. The Kier molecular flexibility index (Phi) is 6.98. The highest BCUT2D eigenvalue weighted by Gasteiger charge is 2.28. The van der Waals surface area contributed by atoms with E-state index in [1.165, 1.54) is 22.3 Å². The smallest absolute Gasteiger partial charge is 0.341 e. The molecule has 8 heteroatoms. The molecule has 0 aromatic carbocycles. The summed E-state index contributed by atoms with van der Waals surface area (Å²) in [5.74, 6) is -0.0783. The number of nitrogens with one attached hydrogen (secondary N) is 2. The molecule has 0 fully saturated rings. The fourth-order valence-corrected chi connectivity index (χ4v) is 5.38. The summed E-state index contributed by atoms with van der Waals surface area (Å²) >= 11 is 8.35. The average Bonchev–Trinajstić information content (AvgIpc) is 3.26. The molecule has 0 aliphatic heterocycles. The molecular weight excluding hydrogens is 412 g/mol. The van der Waals surface area contributed by atoms with E-state index in [0.717, 1.165) is 29.7 Å². The number of amides is 1. The van der Waals surface area contributed by atoms with Gasteiger partial charge in [-0.2, -0.15) is 0 Å². The van der Waals surface area contributed by atoms with Gasteiger partial charge in [-0.3, -0.25) is 10.1 Å². The Bertz CT molecular complexity index is 900. The van der Waals surface area contributed by atoms with Crippen molar-refractivity contribution >= 4 is 63.0 Å². The number of ether oxygens (including phenoxy) is 1. The summed E-state index contributed by atoms with van der Waals surface area (Å²) < 4.78 is 5.25. The van der Waals surface area contributed by atoms with Gasteiger partial charge in [0.25, 0.3) is 0 Å². The Balaban J connectivity index is 1.72. The van der Waals surface area contributed by atoms with E-state index < -0.39 is 0 Å². The van der Waals surface area contributed by atoms with Gasteiger partial charge < -0.3 is 10.1 Å². The van der Waals surface area contributed by atoms with Gasteiger partial charge in [0, 0.05) is 15.8 Å². The lowest BCUT2D eigenvalue weighted by Crippen LogP contribution is -2.33. The maximum atomic E-state index is 12.5. The van der Waals surface area contributed by atoms with Gasteiger partial charge in [-0.1, -0.05) is 13.0 Å². The average molecular weight is 435 g/mol. The van der Waals surface area contributed by atoms with Gasteiger partial charge in [0.1, 0.15) is 5.00 Å². The van der Waals surface area contributed by atoms with E-state index in [4.69, 9.17) is 17.0 Å². The number of carbonyl (C=O) groups excluding carboxylic acids is 2. The minimum atomic E-state index is -0.344. The molecule has 2 aromatic rings. The second kappa shape index (κ2) is 9.45. The van der Waals surface area contributed by atoms with Crippen LogP contribution >= 0.6 is 34.9 Å². The van der Waals surface area contributed by atoms with Crippen LogP contribution in [0.3, 0.4) is 0 Å². The van der Waals surface area contributed by atoms with Crippen molar-refractivity contribution in [3.8, 4) is 0 Å². The Morgan fingerprint density at radius 1 is 1.43 bits per heavy atom. The number of rotatable bonds is 5. The molecule has 148 valence electrons. The van der Waals surface area contributed by atoms with Crippen LogP contribution in [-0.4, -0.2) is 23.6 Å². The maximum absolute atomic E-state index is 12.5. The highest BCUT2D eigenvalue weighted by molar-refractivity contribution is 7.80. The number of anilines is 1. The Hall–Kier alpha value is -2.03. The third kappa shape index (κ3) is 5.06. The third-order valence-corrected chi connectivity index (χ3v) is 6.61. The first kappa shape index (κ1) is 20.7. The van der Waals surface area contributed by atoms with Crippen molar-refractivity contribution in [2.45, 2.75) is 33.1 Å². The van der Waals surface area contributed by atoms with E-state index in [1.807, 2.05) is 17.5 Å². The summed E-state index contributed by atoms with van der Waals surface area (Å²) in [6, 6.07) is 3.85. The predicted molar refractivity (Wildman–Crippen MR) is 119 cm³/mol. The predicted octanol–water partition coefficient (Wildman–Crippen LogP) is 4.64. The Morgan fingerprint density at radius 2 is 2.25 bits per heavy atom. The van der Waals surface area contributed by atoms with Crippen molar-refractivity contribution in [2.75, 3.05) is 11.9 Å². The summed E-state index contributed by atoms with van der Waals surface area (Å²) in [4.78, 5) is 26.8. The summed E-state index contributed by atoms with van der Waals surface area (Å²) in [7, 11) is 0. The van der Waals surface area contributed by atoms with Gasteiger partial charge in [-0.05, 0) is 67.4 Å². The maximum Gasteiger partial charge on any atom is 0.341 e. The van der Waals surface area contributed by atoms with Gasteiger partial charge in [-0.15, -0.1) is 22.7 Å². The number of thiocarbonyl (C=S) groups is 1. The van der Waals surface area contributed by atoms with Crippen LogP contribution in [0.1, 0.15) is 45.9 Å². The second-order valence-electron chi connectivity index (χ2n) is 6.57. The molecule has 2 heterocycles. The highest BCUT2D eigenvalue weighted by atomic mass is 32.1. The molecule has 1 aliphatic rings. The molecule has 2 aromatic heterocycles. The lowest BCUT2D eigenvalue weighted by molar-refractivity contribution is -0.115. The first-order valence-corrected chi connectivity index (χ1v) is 11.2. The topological polar surface area (TPSA) is 67.4 Å². The highest BCUT2D eigenvalue weighted by Crippen LogP contribution is 2.40. The molecule has 2 N–H and O–H groups in total. The monoisotopic (exact) mass is 434 g/mol. The Morgan fingerprint density at radius 3 is 2.96 bits per heavy atom. The van der Waals surface area contributed by atoms with Gasteiger partial charge in [0.2, 0.25) is 5.91 Å². The quantitative estimate of drug-likeness (QED) is 0.408. The van der Waals surface area contributed by atoms with Gasteiger partial charge in [-0.25, -0.2) is 4.79 Å². The van der Waals surface area contributed by atoms with E-state index in [-0.39, 0.29) is 17.0 Å². The standard InChI is InChI=1S/C20H22N2O3S3/c1-3-25-19(24)17-14-8-6-12(2)11-15(14)28-18(17)22-20(26)21-16(23)9-7-13-5-4-10-27-13/h4-5,7,9-10,12H,3,6,8,11H2,1-2H3,(H2,21,22,23,26). The number of hydrogen-bond donors (Lipinski definition) is 2. The molecule has 0 saturated heterocycles. The minimum Gasteiger partial charge on any atom is -0.462 e. The Labute approximate surface area is 177 Å². The van der Waals surface area contributed by atoms with E-state index in [2.05, 4.69) is 17.6 Å². The van der Waals surface area contributed by atoms with Gasteiger partial charge in [0.05, 0.1) is 12.2 Å². The van der Waals surface area contributed by atoms with Crippen LogP contribution in [0.15, 0.2) is 23.6 Å². The normalized spacial score (nSPS) is 15.9. The van der Waals surface area contributed by atoms with E-state index in [0.29, 0.717) is 23.1 Å². The van der Waals surface area contributed by atoms with Crippen LogP contribution in [0.25, 0.3) is 6.08 Å². The number of fused-ring (bicyclic) bond motifs is 1. The van der Waals surface area contributed by atoms with Gasteiger partial charge >= 0.3 is 5.97 Å². The zero-order valence-corrected chi connectivity index (χ0v) is 18.2. The van der Waals surface area contributed by atoms with Gasteiger partial charge in [0.15, 0.2) is 5.11 Å². The fraction of sp³-hybridized carbons (Fsp3) is 0.350. The zero-order chi connectivity index (χ0) is 20.1. The van der Waals surface area contributed by atoms with Crippen molar-refractivity contribution in [3.63, 3.8) is 0 Å². The van der Waals surface area contributed by atoms with Crippen LogP contribution in [0.4, 0.5) is 5.00 Å². The summed E-state index contributed by atoms with van der Waals surface area (Å²) in [6.45, 7) is 4.31. The van der Waals surface area contributed by atoms with Crippen LogP contribution in [-0.2, 0) is 22.4 Å². The fourth-order valence-electron chi connectivity index (χ4n) is 3.09. The third-order valence-electron chi connectivity index (χ3n) is 4.40. The lowest BCUT2D eigenvalue weighted by Gasteiger charge is -2.18. The van der Waals surface area contributed by atoms with Crippen molar-refractivity contribution in [2.24, 2.45) is 5.92 Å². The summed E-state index contributed by atoms with van der Waals surface area (Å²) in [6.07, 6.45) is 6.01. The molecule has 3 rings (SSSR count).